The summed E-state index contributed by atoms with van der Waals surface area (Å²) in [6.07, 6.45) is 4.43. The van der Waals surface area contributed by atoms with Crippen LogP contribution in [0.2, 0.25) is 0 Å². The molecule has 4 heteroatoms. The van der Waals surface area contributed by atoms with Crippen LogP contribution in [0.3, 0.4) is 0 Å². The fourth-order valence-electron chi connectivity index (χ4n) is 3.52. The predicted octanol–water partition coefficient (Wildman–Crippen LogP) is 4.15. The van der Waals surface area contributed by atoms with Crippen molar-refractivity contribution in [3.05, 3.63) is 59.7 Å². The van der Waals surface area contributed by atoms with Crippen molar-refractivity contribution < 1.29 is 9.53 Å². The van der Waals surface area contributed by atoms with Crippen LogP contribution in [0.1, 0.15) is 42.1 Å². The minimum absolute atomic E-state index is 0.120. The van der Waals surface area contributed by atoms with Gasteiger partial charge in [0.25, 0.3) is 5.91 Å². The molecule has 0 aliphatic carbocycles. The summed E-state index contributed by atoms with van der Waals surface area (Å²) in [6, 6.07) is 15.6. The van der Waals surface area contributed by atoms with Crippen LogP contribution in [0.15, 0.2) is 48.5 Å². The summed E-state index contributed by atoms with van der Waals surface area (Å²) >= 11 is 0. The van der Waals surface area contributed by atoms with Crippen LogP contribution in [0.5, 0.6) is 5.75 Å². The largest absolute Gasteiger partial charge is 0.494 e. The number of amides is 1. The van der Waals surface area contributed by atoms with Gasteiger partial charge < -0.3 is 15.4 Å². The molecular weight excluding hydrogens is 324 g/mol. The number of likely N-dealkylation sites (tertiary alicyclic amines) is 1. The molecule has 2 aromatic rings. The van der Waals surface area contributed by atoms with Gasteiger partial charge in [-0.15, -0.1) is 0 Å². The highest BCUT2D eigenvalue weighted by Crippen LogP contribution is 2.24. The van der Waals surface area contributed by atoms with Crippen LogP contribution in [0.4, 0.5) is 5.69 Å². The minimum Gasteiger partial charge on any atom is -0.494 e. The monoisotopic (exact) mass is 352 g/mol. The van der Waals surface area contributed by atoms with Crippen molar-refractivity contribution in [3.63, 3.8) is 0 Å². The molecule has 138 valence electrons. The lowest BCUT2D eigenvalue weighted by Crippen LogP contribution is -2.38. The van der Waals surface area contributed by atoms with E-state index in [-0.39, 0.29) is 5.91 Å². The van der Waals surface area contributed by atoms with Crippen molar-refractivity contribution >= 4 is 11.6 Å². The van der Waals surface area contributed by atoms with Gasteiger partial charge in [0.05, 0.1) is 6.61 Å². The number of nitrogens with zero attached hydrogens (tertiary/aromatic N) is 1. The number of aryl methyl sites for hydroxylation is 1. The lowest BCUT2D eigenvalue weighted by atomic mass is 9.90. The third kappa shape index (κ3) is 4.78. The number of hydrogen-bond donors (Lipinski definition) is 1. The highest BCUT2D eigenvalue weighted by Gasteiger charge is 2.23. The zero-order valence-electron chi connectivity index (χ0n) is 15.5. The number of rotatable bonds is 6. The van der Waals surface area contributed by atoms with Crippen LogP contribution in [-0.2, 0) is 6.42 Å². The Hall–Kier alpha value is -2.49. The van der Waals surface area contributed by atoms with E-state index < -0.39 is 0 Å². The molecule has 0 radical (unpaired) electrons. The second kappa shape index (κ2) is 8.75. The van der Waals surface area contributed by atoms with Gasteiger partial charge in [-0.3, -0.25) is 4.79 Å². The Morgan fingerprint density at radius 2 is 1.73 bits per heavy atom. The Morgan fingerprint density at radius 3 is 2.35 bits per heavy atom. The number of carbonyl (C=O) groups excluding carboxylic acids is 1. The molecule has 1 fully saturated rings. The van der Waals surface area contributed by atoms with Gasteiger partial charge in [0.1, 0.15) is 5.75 Å². The van der Waals surface area contributed by atoms with E-state index in [2.05, 4.69) is 12.1 Å². The summed E-state index contributed by atoms with van der Waals surface area (Å²) in [5, 5.41) is 0. The average molecular weight is 352 g/mol. The summed E-state index contributed by atoms with van der Waals surface area (Å²) in [6.45, 7) is 4.39. The Bertz CT molecular complexity index is 702. The first-order chi connectivity index (χ1) is 12.7. The number of nitrogens with two attached hydrogens (primary N) is 1. The van der Waals surface area contributed by atoms with Gasteiger partial charge in [-0.05, 0) is 80.5 Å². The number of carbonyl (C=O) groups is 1. The van der Waals surface area contributed by atoms with E-state index in [0.29, 0.717) is 18.2 Å². The fourth-order valence-corrected chi connectivity index (χ4v) is 3.52. The lowest BCUT2D eigenvalue weighted by Gasteiger charge is -2.32. The Labute approximate surface area is 156 Å². The van der Waals surface area contributed by atoms with Crippen molar-refractivity contribution in [2.45, 2.75) is 32.6 Å². The van der Waals surface area contributed by atoms with Crippen molar-refractivity contribution in [2.24, 2.45) is 5.92 Å². The van der Waals surface area contributed by atoms with E-state index in [1.807, 2.05) is 36.1 Å². The van der Waals surface area contributed by atoms with Gasteiger partial charge in [-0.25, -0.2) is 0 Å². The lowest BCUT2D eigenvalue weighted by molar-refractivity contribution is 0.0687. The molecule has 4 nitrogen and oxygen atoms in total. The first-order valence-corrected chi connectivity index (χ1v) is 9.52. The van der Waals surface area contributed by atoms with E-state index in [1.165, 1.54) is 12.0 Å². The van der Waals surface area contributed by atoms with E-state index >= 15 is 0 Å². The topological polar surface area (TPSA) is 55.6 Å². The summed E-state index contributed by atoms with van der Waals surface area (Å²) in [4.78, 5) is 14.5. The summed E-state index contributed by atoms with van der Waals surface area (Å²) in [5.41, 5.74) is 8.47. The Balaban J connectivity index is 1.44. The normalized spacial score (nSPS) is 15.0. The van der Waals surface area contributed by atoms with Gasteiger partial charge >= 0.3 is 0 Å². The van der Waals surface area contributed by atoms with Crippen LogP contribution in [0, 0.1) is 5.92 Å². The maximum Gasteiger partial charge on any atom is 0.253 e. The molecule has 2 aromatic carbocycles. The summed E-state index contributed by atoms with van der Waals surface area (Å²) < 4.78 is 5.49. The second-order valence-corrected chi connectivity index (χ2v) is 6.97. The minimum atomic E-state index is 0.120. The van der Waals surface area contributed by atoms with Gasteiger partial charge in [0.15, 0.2) is 0 Å². The summed E-state index contributed by atoms with van der Waals surface area (Å²) in [7, 11) is 0. The van der Waals surface area contributed by atoms with Crippen molar-refractivity contribution in [1.29, 1.82) is 0 Å². The highest BCUT2D eigenvalue weighted by molar-refractivity contribution is 5.94. The van der Waals surface area contributed by atoms with Gasteiger partial charge in [-0.1, -0.05) is 12.1 Å². The van der Waals surface area contributed by atoms with Crippen LogP contribution >= 0.6 is 0 Å². The number of hydrogen-bond acceptors (Lipinski definition) is 3. The molecular formula is C22H28N2O2. The molecule has 1 heterocycles. The number of nitrogen functional groups attached to an aromatic ring is 1. The Kier molecular flexibility index (Phi) is 6.16. The van der Waals surface area contributed by atoms with Crippen molar-refractivity contribution in [3.8, 4) is 5.75 Å². The average Bonchev–Trinajstić information content (AvgIpc) is 2.68. The quantitative estimate of drug-likeness (QED) is 0.795. The molecule has 1 aliphatic rings. The maximum absolute atomic E-state index is 12.6. The molecule has 0 spiro atoms. The van der Waals surface area contributed by atoms with E-state index in [1.54, 1.807) is 12.1 Å². The molecule has 0 bridgehead atoms. The maximum atomic E-state index is 12.6. The van der Waals surface area contributed by atoms with Gasteiger partial charge in [0, 0.05) is 24.3 Å². The molecule has 26 heavy (non-hydrogen) atoms. The fraction of sp³-hybridized carbons (Fsp3) is 0.409. The highest BCUT2D eigenvalue weighted by atomic mass is 16.5. The molecule has 0 aromatic heterocycles. The third-order valence-electron chi connectivity index (χ3n) is 5.13. The predicted molar refractivity (Wildman–Crippen MR) is 105 cm³/mol. The molecule has 2 N–H and O–H groups in total. The van der Waals surface area contributed by atoms with Gasteiger partial charge in [0.2, 0.25) is 0 Å². The SMILES string of the molecule is CCOc1ccc(CCC2CCN(C(=O)c3ccc(N)cc3)CC2)cc1. The first-order valence-electron chi connectivity index (χ1n) is 9.52. The second-order valence-electron chi connectivity index (χ2n) is 6.97. The van der Waals surface area contributed by atoms with Crippen LogP contribution in [-0.4, -0.2) is 30.5 Å². The van der Waals surface area contributed by atoms with Crippen molar-refractivity contribution in [2.75, 3.05) is 25.4 Å². The van der Waals surface area contributed by atoms with Crippen LogP contribution < -0.4 is 10.5 Å². The molecule has 1 amide bonds. The van der Waals surface area contributed by atoms with Gasteiger partial charge in [-0.2, -0.15) is 0 Å². The zero-order chi connectivity index (χ0) is 18.4. The molecule has 3 rings (SSSR count). The number of piperidine rings is 1. The summed E-state index contributed by atoms with van der Waals surface area (Å²) in [5.74, 6) is 1.75. The number of benzene rings is 2. The molecule has 0 atom stereocenters. The van der Waals surface area contributed by atoms with Crippen LogP contribution in [0.25, 0.3) is 0 Å². The van der Waals surface area contributed by atoms with Crippen molar-refractivity contribution in [1.82, 2.24) is 4.90 Å². The standard InChI is InChI=1S/C22H28N2O2/c1-2-26-21-11-5-17(6-12-21)3-4-18-13-15-24(16-14-18)22(25)19-7-9-20(23)10-8-19/h5-12,18H,2-4,13-16,23H2,1H3. The molecule has 0 unspecified atom stereocenters. The molecule has 0 saturated carbocycles. The number of ether oxygens (including phenoxy) is 1. The Morgan fingerprint density at radius 1 is 1.08 bits per heavy atom. The first kappa shape index (κ1) is 18.3. The number of anilines is 1. The van der Waals surface area contributed by atoms with E-state index in [9.17, 15) is 4.79 Å². The third-order valence-corrected chi connectivity index (χ3v) is 5.13. The zero-order valence-corrected chi connectivity index (χ0v) is 15.5. The van der Waals surface area contributed by atoms with E-state index in [0.717, 1.165) is 43.7 Å². The molecule has 1 aliphatic heterocycles. The smallest absolute Gasteiger partial charge is 0.253 e. The van der Waals surface area contributed by atoms with E-state index in [4.69, 9.17) is 10.5 Å². The molecule has 1 saturated heterocycles.